The molecule has 122 valence electrons. The number of halogens is 2. The monoisotopic (exact) mass is 335 g/mol. The fourth-order valence-electron chi connectivity index (χ4n) is 2.08. The Labute approximate surface area is 140 Å². The third kappa shape index (κ3) is 5.57. The molecule has 0 spiro atoms. The van der Waals surface area contributed by atoms with Gasteiger partial charge in [-0.05, 0) is 41.8 Å². The maximum atomic E-state index is 13.6. The average Bonchev–Trinajstić information content (AvgIpc) is 2.55. The van der Waals surface area contributed by atoms with Gasteiger partial charge >= 0.3 is 0 Å². The quantitative estimate of drug-likeness (QED) is 0.782. The number of benzene rings is 2. The van der Waals surface area contributed by atoms with E-state index in [4.69, 9.17) is 16.3 Å². The van der Waals surface area contributed by atoms with E-state index >= 15 is 0 Å². The van der Waals surface area contributed by atoms with E-state index in [9.17, 15) is 9.18 Å². The number of aryl methyl sites for hydroxylation is 1. The van der Waals surface area contributed by atoms with Crippen LogP contribution in [0.25, 0.3) is 0 Å². The molecule has 0 aliphatic heterocycles. The Morgan fingerprint density at radius 3 is 2.61 bits per heavy atom. The minimum atomic E-state index is -0.472. The summed E-state index contributed by atoms with van der Waals surface area (Å²) in [4.78, 5) is 11.8. The number of amides is 1. The predicted molar refractivity (Wildman–Crippen MR) is 89.4 cm³/mol. The summed E-state index contributed by atoms with van der Waals surface area (Å²) in [5.74, 6) is 0.0382. The molecule has 0 aliphatic rings. The van der Waals surface area contributed by atoms with Crippen LogP contribution in [0.2, 0.25) is 5.02 Å². The van der Waals surface area contributed by atoms with Crippen LogP contribution >= 0.6 is 11.6 Å². The van der Waals surface area contributed by atoms with Crippen molar-refractivity contribution < 1.29 is 13.9 Å². The van der Waals surface area contributed by atoms with Crippen LogP contribution in [-0.2, 0) is 17.6 Å². The Kier molecular flexibility index (Phi) is 6.41. The molecule has 2 rings (SSSR count). The minimum Gasteiger partial charge on any atom is -0.492 e. The van der Waals surface area contributed by atoms with Crippen LogP contribution in [0, 0.1) is 5.82 Å². The molecule has 0 aromatic heterocycles. The molecule has 0 saturated carbocycles. The molecule has 2 aromatic rings. The molecule has 0 atom stereocenters. The molecule has 0 unspecified atom stereocenters. The van der Waals surface area contributed by atoms with E-state index in [1.807, 2.05) is 24.3 Å². The van der Waals surface area contributed by atoms with Crippen LogP contribution in [-0.4, -0.2) is 19.1 Å². The molecule has 23 heavy (non-hydrogen) atoms. The minimum absolute atomic E-state index is 0.0196. The number of carbonyl (C=O) groups is 1. The summed E-state index contributed by atoms with van der Waals surface area (Å²) in [5, 5.41) is 3.02. The van der Waals surface area contributed by atoms with Gasteiger partial charge in [-0.1, -0.05) is 36.7 Å². The number of nitrogens with one attached hydrogen (secondary N) is 1. The van der Waals surface area contributed by atoms with E-state index < -0.39 is 5.82 Å². The first-order valence-corrected chi connectivity index (χ1v) is 7.88. The molecule has 0 radical (unpaired) electrons. The van der Waals surface area contributed by atoms with Crippen LogP contribution in [0.4, 0.5) is 4.39 Å². The van der Waals surface area contributed by atoms with Gasteiger partial charge in [0.1, 0.15) is 18.2 Å². The smallest absolute Gasteiger partial charge is 0.224 e. The fourth-order valence-corrected chi connectivity index (χ4v) is 2.24. The van der Waals surface area contributed by atoms with Crippen LogP contribution in [0.15, 0.2) is 42.5 Å². The molecule has 0 fully saturated rings. The van der Waals surface area contributed by atoms with Gasteiger partial charge < -0.3 is 10.1 Å². The van der Waals surface area contributed by atoms with Crippen molar-refractivity contribution in [3.8, 4) is 5.75 Å². The molecule has 5 heteroatoms. The summed E-state index contributed by atoms with van der Waals surface area (Å²) >= 11 is 5.68. The Morgan fingerprint density at radius 2 is 1.96 bits per heavy atom. The van der Waals surface area contributed by atoms with Crippen LogP contribution in [0.3, 0.4) is 0 Å². The van der Waals surface area contributed by atoms with Crippen molar-refractivity contribution in [1.82, 2.24) is 5.32 Å². The molecule has 1 amide bonds. The van der Waals surface area contributed by atoms with Gasteiger partial charge in [0.05, 0.1) is 13.0 Å². The lowest BCUT2D eigenvalue weighted by atomic mass is 10.1. The van der Waals surface area contributed by atoms with Gasteiger partial charge in [-0.25, -0.2) is 4.39 Å². The molecular weight excluding hydrogens is 317 g/mol. The Morgan fingerprint density at radius 1 is 1.22 bits per heavy atom. The van der Waals surface area contributed by atoms with Gasteiger partial charge in [-0.15, -0.1) is 0 Å². The van der Waals surface area contributed by atoms with E-state index in [0.29, 0.717) is 23.7 Å². The normalized spacial score (nSPS) is 10.4. The summed E-state index contributed by atoms with van der Waals surface area (Å²) in [6.45, 7) is 2.82. The zero-order valence-electron chi connectivity index (χ0n) is 12.9. The molecular formula is C18H19ClFNO2. The van der Waals surface area contributed by atoms with E-state index in [2.05, 4.69) is 12.2 Å². The molecule has 1 N–H and O–H groups in total. The first-order chi connectivity index (χ1) is 11.1. The van der Waals surface area contributed by atoms with Gasteiger partial charge in [-0.2, -0.15) is 0 Å². The summed E-state index contributed by atoms with van der Waals surface area (Å²) in [5.41, 5.74) is 1.57. The number of rotatable bonds is 7. The van der Waals surface area contributed by atoms with Crippen molar-refractivity contribution in [2.24, 2.45) is 0 Å². The zero-order valence-corrected chi connectivity index (χ0v) is 13.7. The topological polar surface area (TPSA) is 38.3 Å². The first-order valence-electron chi connectivity index (χ1n) is 7.51. The maximum Gasteiger partial charge on any atom is 0.224 e. The molecule has 0 heterocycles. The molecule has 3 nitrogen and oxygen atoms in total. The highest BCUT2D eigenvalue weighted by molar-refractivity contribution is 6.30. The van der Waals surface area contributed by atoms with E-state index in [-0.39, 0.29) is 12.3 Å². The molecule has 0 saturated heterocycles. The average molecular weight is 336 g/mol. The van der Waals surface area contributed by atoms with E-state index in [0.717, 1.165) is 12.2 Å². The van der Waals surface area contributed by atoms with Gasteiger partial charge in [0, 0.05) is 5.02 Å². The number of hydrogen-bond acceptors (Lipinski definition) is 2. The zero-order chi connectivity index (χ0) is 16.7. The van der Waals surface area contributed by atoms with Crippen molar-refractivity contribution in [3.63, 3.8) is 0 Å². The van der Waals surface area contributed by atoms with Crippen molar-refractivity contribution in [3.05, 3.63) is 64.4 Å². The first kappa shape index (κ1) is 17.3. The van der Waals surface area contributed by atoms with Gasteiger partial charge in [-0.3, -0.25) is 4.79 Å². The Balaban J connectivity index is 1.72. The molecule has 0 aliphatic carbocycles. The predicted octanol–water partition coefficient (Wildman–Crippen LogP) is 3.78. The lowest BCUT2D eigenvalue weighted by molar-refractivity contribution is -0.120. The van der Waals surface area contributed by atoms with Crippen LogP contribution in [0.5, 0.6) is 5.75 Å². The van der Waals surface area contributed by atoms with Crippen molar-refractivity contribution >= 4 is 17.5 Å². The Bertz CT molecular complexity index is 659. The van der Waals surface area contributed by atoms with Crippen LogP contribution < -0.4 is 10.1 Å². The largest absolute Gasteiger partial charge is 0.492 e. The molecule has 0 bridgehead atoms. The highest BCUT2D eigenvalue weighted by Gasteiger charge is 2.08. The lowest BCUT2D eigenvalue weighted by Gasteiger charge is -2.09. The summed E-state index contributed by atoms with van der Waals surface area (Å²) in [6.07, 6.45) is 0.964. The third-order valence-electron chi connectivity index (χ3n) is 3.39. The highest BCUT2D eigenvalue weighted by atomic mass is 35.5. The SMILES string of the molecule is CCc1ccc(OCCNC(=O)Cc2ccc(Cl)cc2F)cc1. The number of carbonyl (C=O) groups excluding carboxylic acids is 1. The van der Waals surface area contributed by atoms with Gasteiger partial charge in [0.25, 0.3) is 0 Å². The molecule has 2 aromatic carbocycles. The van der Waals surface area contributed by atoms with E-state index in [1.165, 1.54) is 17.7 Å². The van der Waals surface area contributed by atoms with Gasteiger partial charge in [0.15, 0.2) is 0 Å². The van der Waals surface area contributed by atoms with E-state index in [1.54, 1.807) is 6.07 Å². The summed E-state index contributed by atoms with van der Waals surface area (Å²) in [6, 6.07) is 12.1. The summed E-state index contributed by atoms with van der Waals surface area (Å²) in [7, 11) is 0. The number of hydrogen-bond donors (Lipinski definition) is 1. The van der Waals surface area contributed by atoms with Crippen molar-refractivity contribution in [2.45, 2.75) is 19.8 Å². The summed E-state index contributed by atoms with van der Waals surface area (Å²) < 4.78 is 19.1. The number of ether oxygens (including phenoxy) is 1. The fraction of sp³-hybridized carbons (Fsp3) is 0.278. The third-order valence-corrected chi connectivity index (χ3v) is 3.63. The van der Waals surface area contributed by atoms with Crippen molar-refractivity contribution in [2.75, 3.05) is 13.2 Å². The second kappa shape index (κ2) is 8.53. The van der Waals surface area contributed by atoms with Gasteiger partial charge in [0.2, 0.25) is 5.91 Å². The maximum absolute atomic E-state index is 13.6. The second-order valence-electron chi connectivity index (χ2n) is 5.11. The lowest BCUT2D eigenvalue weighted by Crippen LogP contribution is -2.29. The second-order valence-corrected chi connectivity index (χ2v) is 5.54. The van der Waals surface area contributed by atoms with Crippen LogP contribution in [0.1, 0.15) is 18.1 Å². The Hall–Kier alpha value is -2.07. The van der Waals surface area contributed by atoms with Crippen molar-refractivity contribution in [1.29, 1.82) is 0 Å². The highest BCUT2D eigenvalue weighted by Crippen LogP contribution is 2.15. The standard InChI is InChI=1S/C18H19ClFNO2/c1-2-13-3-7-16(8-4-13)23-10-9-21-18(22)11-14-5-6-15(19)12-17(14)20/h3-8,12H,2,9-11H2,1H3,(H,21,22).